The first-order valence-corrected chi connectivity index (χ1v) is 10.5. The molecule has 3 rings (SSSR count). The number of ether oxygens (including phenoxy) is 2. The van der Waals surface area contributed by atoms with E-state index in [9.17, 15) is 0 Å². The standard InChI is InChI=1S/C24H31N5O2/c1-4-26-24(27-15-19(2)31-23-11-6-5-10-22(23)30-3)28-16-20-8-7-9-21(14-20)17-29-13-12-25-18-29/h5-14,18-19H,4,15-17H2,1-3H3,(H2,26,27,28). The first-order chi connectivity index (χ1) is 15.2. The number of para-hydroxylation sites is 2. The van der Waals surface area contributed by atoms with Gasteiger partial charge in [0.2, 0.25) is 0 Å². The zero-order chi connectivity index (χ0) is 21.9. The largest absolute Gasteiger partial charge is 0.493 e. The van der Waals surface area contributed by atoms with Crippen molar-refractivity contribution in [2.45, 2.75) is 33.0 Å². The van der Waals surface area contributed by atoms with Crippen molar-refractivity contribution in [1.29, 1.82) is 0 Å². The molecule has 0 aliphatic rings. The van der Waals surface area contributed by atoms with E-state index in [-0.39, 0.29) is 6.10 Å². The summed E-state index contributed by atoms with van der Waals surface area (Å²) >= 11 is 0. The first kappa shape index (κ1) is 22.2. The van der Waals surface area contributed by atoms with Crippen molar-refractivity contribution in [3.63, 3.8) is 0 Å². The van der Waals surface area contributed by atoms with Gasteiger partial charge in [-0.1, -0.05) is 36.4 Å². The molecule has 1 atom stereocenters. The molecule has 0 saturated carbocycles. The van der Waals surface area contributed by atoms with Crippen LogP contribution in [0.5, 0.6) is 11.5 Å². The first-order valence-electron chi connectivity index (χ1n) is 10.5. The number of rotatable bonds is 10. The van der Waals surface area contributed by atoms with Gasteiger partial charge in [0, 0.05) is 25.5 Å². The Morgan fingerprint density at radius 1 is 1.10 bits per heavy atom. The predicted octanol–water partition coefficient (Wildman–Crippen LogP) is 3.46. The lowest BCUT2D eigenvalue weighted by Gasteiger charge is -2.19. The molecule has 31 heavy (non-hydrogen) atoms. The Hall–Kier alpha value is -3.48. The summed E-state index contributed by atoms with van der Waals surface area (Å²) in [5.74, 6) is 2.22. The Morgan fingerprint density at radius 2 is 1.90 bits per heavy atom. The van der Waals surface area contributed by atoms with Crippen LogP contribution in [0.15, 0.2) is 72.2 Å². The summed E-state index contributed by atoms with van der Waals surface area (Å²) in [5.41, 5.74) is 2.38. The van der Waals surface area contributed by atoms with Gasteiger partial charge in [0.1, 0.15) is 6.10 Å². The Balaban J connectivity index is 1.56. The van der Waals surface area contributed by atoms with Crippen molar-refractivity contribution < 1.29 is 9.47 Å². The molecule has 0 aliphatic heterocycles. The van der Waals surface area contributed by atoms with Gasteiger partial charge in [-0.15, -0.1) is 0 Å². The number of methoxy groups -OCH3 is 1. The average molecular weight is 422 g/mol. The topological polar surface area (TPSA) is 72.7 Å². The molecular weight excluding hydrogens is 390 g/mol. The van der Waals surface area contributed by atoms with E-state index in [2.05, 4.69) is 51.4 Å². The Morgan fingerprint density at radius 3 is 2.65 bits per heavy atom. The number of imidazole rings is 1. The predicted molar refractivity (Wildman–Crippen MR) is 124 cm³/mol. The highest BCUT2D eigenvalue weighted by molar-refractivity contribution is 5.79. The minimum Gasteiger partial charge on any atom is -0.493 e. The van der Waals surface area contributed by atoms with Crippen LogP contribution in [0.4, 0.5) is 0 Å². The van der Waals surface area contributed by atoms with Crippen molar-refractivity contribution in [2.75, 3.05) is 20.2 Å². The number of aromatic nitrogens is 2. The monoisotopic (exact) mass is 421 g/mol. The van der Waals surface area contributed by atoms with Crippen LogP contribution in [-0.4, -0.2) is 41.8 Å². The highest BCUT2D eigenvalue weighted by atomic mass is 16.5. The third kappa shape index (κ3) is 7.06. The molecule has 164 valence electrons. The van der Waals surface area contributed by atoms with Crippen LogP contribution in [0.3, 0.4) is 0 Å². The van der Waals surface area contributed by atoms with Crippen LogP contribution in [0.25, 0.3) is 0 Å². The van der Waals surface area contributed by atoms with E-state index in [1.807, 2.05) is 43.7 Å². The molecule has 7 nitrogen and oxygen atoms in total. The zero-order valence-corrected chi connectivity index (χ0v) is 18.4. The summed E-state index contributed by atoms with van der Waals surface area (Å²) < 4.78 is 13.4. The third-order valence-electron chi connectivity index (χ3n) is 4.63. The smallest absolute Gasteiger partial charge is 0.191 e. The molecule has 0 saturated heterocycles. The molecule has 1 heterocycles. The van der Waals surface area contributed by atoms with E-state index < -0.39 is 0 Å². The summed E-state index contributed by atoms with van der Waals surface area (Å²) in [5, 5.41) is 6.65. The minimum atomic E-state index is -0.0568. The number of nitrogens with one attached hydrogen (secondary N) is 2. The Kier molecular flexibility index (Phi) is 8.34. The highest BCUT2D eigenvalue weighted by Crippen LogP contribution is 2.26. The normalized spacial score (nSPS) is 12.3. The minimum absolute atomic E-state index is 0.0568. The van der Waals surface area contributed by atoms with Gasteiger partial charge in [-0.25, -0.2) is 9.98 Å². The summed E-state index contributed by atoms with van der Waals surface area (Å²) in [4.78, 5) is 8.83. The van der Waals surface area contributed by atoms with Crippen LogP contribution in [0.2, 0.25) is 0 Å². The van der Waals surface area contributed by atoms with Gasteiger partial charge in [-0.05, 0) is 37.1 Å². The second-order valence-electron chi connectivity index (χ2n) is 7.21. The summed E-state index contributed by atoms with van der Waals surface area (Å²) in [6.45, 7) is 6.86. The molecule has 1 aromatic heterocycles. The van der Waals surface area contributed by atoms with E-state index in [0.717, 1.165) is 36.1 Å². The van der Waals surface area contributed by atoms with Gasteiger partial charge < -0.3 is 24.7 Å². The maximum atomic E-state index is 6.02. The molecular formula is C24H31N5O2. The maximum absolute atomic E-state index is 6.02. The number of guanidine groups is 1. The van der Waals surface area contributed by atoms with Gasteiger partial charge in [0.25, 0.3) is 0 Å². The van der Waals surface area contributed by atoms with Crippen molar-refractivity contribution in [1.82, 2.24) is 20.2 Å². The van der Waals surface area contributed by atoms with E-state index in [4.69, 9.17) is 14.5 Å². The highest BCUT2D eigenvalue weighted by Gasteiger charge is 2.09. The van der Waals surface area contributed by atoms with Crippen molar-refractivity contribution in [2.24, 2.45) is 4.99 Å². The lowest BCUT2D eigenvalue weighted by Crippen LogP contribution is -2.41. The summed E-state index contributed by atoms with van der Waals surface area (Å²) in [7, 11) is 1.64. The number of benzene rings is 2. The molecule has 2 aromatic carbocycles. The maximum Gasteiger partial charge on any atom is 0.191 e. The molecule has 2 N–H and O–H groups in total. The third-order valence-corrected chi connectivity index (χ3v) is 4.63. The van der Waals surface area contributed by atoms with Crippen LogP contribution in [-0.2, 0) is 13.1 Å². The van der Waals surface area contributed by atoms with Gasteiger partial charge in [0.15, 0.2) is 17.5 Å². The summed E-state index contributed by atoms with van der Waals surface area (Å²) in [6.07, 6.45) is 5.53. The van der Waals surface area contributed by atoms with Gasteiger partial charge >= 0.3 is 0 Å². The molecule has 0 amide bonds. The second kappa shape index (κ2) is 11.6. The van der Waals surface area contributed by atoms with Gasteiger partial charge in [-0.2, -0.15) is 0 Å². The molecule has 0 fully saturated rings. The molecule has 7 heteroatoms. The molecule has 3 aromatic rings. The fourth-order valence-electron chi connectivity index (χ4n) is 3.14. The SMILES string of the molecule is CCNC(=NCc1cccc(Cn2ccnc2)c1)NCC(C)Oc1ccccc1OC. The molecule has 0 spiro atoms. The molecule has 1 unspecified atom stereocenters. The molecule has 0 aliphatic carbocycles. The number of hydrogen-bond donors (Lipinski definition) is 2. The lowest BCUT2D eigenvalue weighted by molar-refractivity contribution is 0.213. The zero-order valence-electron chi connectivity index (χ0n) is 18.4. The van der Waals surface area contributed by atoms with E-state index in [0.29, 0.717) is 13.1 Å². The van der Waals surface area contributed by atoms with E-state index in [1.54, 1.807) is 13.3 Å². The van der Waals surface area contributed by atoms with Gasteiger partial charge in [0.05, 0.1) is 26.5 Å². The van der Waals surface area contributed by atoms with E-state index in [1.165, 1.54) is 5.56 Å². The van der Waals surface area contributed by atoms with Crippen LogP contribution < -0.4 is 20.1 Å². The fourth-order valence-corrected chi connectivity index (χ4v) is 3.14. The molecule has 0 radical (unpaired) electrons. The van der Waals surface area contributed by atoms with Gasteiger partial charge in [-0.3, -0.25) is 0 Å². The van der Waals surface area contributed by atoms with Crippen LogP contribution >= 0.6 is 0 Å². The second-order valence-corrected chi connectivity index (χ2v) is 7.21. The van der Waals surface area contributed by atoms with Crippen molar-refractivity contribution in [3.05, 3.63) is 78.4 Å². The van der Waals surface area contributed by atoms with Crippen molar-refractivity contribution in [3.8, 4) is 11.5 Å². The number of nitrogens with zero attached hydrogens (tertiary/aromatic N) is 3. The average Bonchev–Trinajstić information content (AvgIpc) is 3.29. The summed E-state index contributed by atoms with van der Waals surface area (Å²) in [6, 6.07) is 16.1. The quantitative estimate of drug-likeness (QED) is 0.387. The molecule has 0 bridgehead atoms. The number of aliphatic imine (C=N–C) groups is 1. The lowest BCUT2D eigenvalue weighted by atomic mass is 10.1. The number of hydrogen-bond acceptors (Lipinski definition) is 4. The van der Waals surface area contributed by atoms with Crippen LogP contribution in [0.1, 0.15) is 25.0 Å². The van der Waals surface area contributed by atoms with Crippen molar-refractivity contribution >= 4 is 5.96 Å². The Labute approximate surface area is 184 Å². The fraction of sp³-hybridized carbons (Fsp3) is 0.333. The van der Waals surface area contributed by atoms with Crippen LogP contribution in [0, 0.1) is 0 Å². The van der Waals surface area contributed by atoms with E-state index >= 15 is 0 Å². The Bertz CT molecular complexity index is 956.